The lowest BCUT2D eigenvalue weighted by Gasteiger charge is -2.31. The third-order valence-corrected chi connectivity index (χ3v) is 6.82. The van der Waals surface area contributed by atoms with E-state index in [1.807, 2.05) is 6.92 Å². The van der Waals surface area contributed by atoms with Gasteiger partial charge in [-0.05, 0) is 49.3 Å². The van der Waals surface area contributed by atoms with Crippen molar-refractivity contribution in [3.05, 3.63) is 35.9 Å². The average molecular weight is 509 g/mol. The predicted octanol–water partition coefficient (Wildman–Crippen LogP) is 4.13. The molecule has 11 heteroatoms. The number of carbonyl (C=O) groups excluding carboxylic acids is 2. The van der Waals surface area contributed by atoms with E-state index in [9.17, 15) is 9.59 Å². The SMILES string of the molecule is CC(=O)NC1CCCCC1OC(=O)Nc1cc2cc(-c3cnc4c(c3C)NCCO4)c(F)c(N)c2cn1. The zero-order valence-electron chi connectivity index (χ0n) is 20.7. The van der Waals surface area contributed by atoms with Crippen LogP contribution >= 0.6 is 0 Å². The minimum Gasteiger partial charge on any atom is -0.474 e. The number of nitrogens with two attached hydrogens (primary N) is 1. The monoisotopic (exact) mass is 508 g/mol. The van der Waals surface area contributed by atoms with Crippen LogP contribution < -0.4 is 26.4 Å². The number of aromatic nitrogens is 2. The molecule has 1 aromatic carbocycles. The van der Waals surface area contributed by atoms with Gasteiger partial charge >= 0.3 is 6.09 Å². The molecule has 1 fully saturated rings. The van der Waals surface area contributed by atoms with Gasteiger partial charge in [0.15, 0.2) is 5.82 Å². The second-order valence-electron chi connectivity index (χ2n) is 9.35. The smallest absolute Gasteiger partial charge is 0.413 e. The first kappa shape index (κ1) is 24.5. The van der Waals surface area contributed by atoms with Gasteiger partial charge in [0.05, 0.1) is 11.7 Å². The topological polar surface area (TPSA) is 140 Å². The van der Waals surface area contributed by atoms with Crippen molar-refractivity contribution in [2.75, 3.05) is 29.5 Å². The molecule has 1 aliphatic heterocycles. The first-order valence-electron chi connectivity index (χ1n) is 12.3. The van der Waals surface area contributed by atoms with E-state index in [0.29, 0.717) is 41.8 Å². The Morgan fingerprint density at radius 3 is 2.81 bits per heavy atom. The Bertz CT molecular complexity index is 1380. The van der Waals surface area contributed by atoms with Crippen LogP contribution in [0.1, 0.15) is 38.2 Å². The van der Waals surface area contributed by atoms with E-state index in [1.54, 1.807) is 18.3 Å². The molecule has 3 heterocycles. The summed E-state index contributed by atoms with van der Waals surface area (Å²) in [5, 5.41) is 9.76. The van der Waals surface area contributed by atoms with Crippen molar-refractivity contribution >= 4 is 40.0 Å². The summed E-state index contributed by atoms with van der Waals surface area (Å²) in [6.07, 6.45) is 5.17. The highest BCUT2D eigenvalue weighted by molar-refractivity contribution is 5.99. The number of nitrogens with one attached hydrogen (secondary N) is 3. The lowest BCUT2D eigenvalue weighted by molar-refractivity contribution is -0.120. The number of carbonyl (C=O) groups is 2. The maximum atomic E-state index is 15.4. The second kappa shape index (κ2) is 10.1. The summed E-state index contributed by atoms with van der Waals surface area (Å²) < 4.78 is 26.6. The largest absolute Gasteiger partial charge is 0.474 e. The third kappa shape index (κ3) is 4.93. The number of ether oxygens (including phenoxy) is 2. The molecule has 0 spiro atoms. The highest BCUT2D eigenvalue weighted by atomic mass is 19.1. The van der Waals surface area contributed by atoms with Crippen LogP contribution in [0.4, 0.5) is 26.4 Å². The van der Waals surface area contributed by atoms with Gasteiger partial charge in [-0.2, -0.15) is 0 Å². The summed E-state index contributed by atoms with van der Waals surface area (Å²) >= 11 is 0. The van der Waals surface area contributed by atoms with Crippen molar-refractivity contribution in [2.24, 2.45) is 0 Å². The molecule has 2 unspecified atom stereocenters. The van der Waals surface area contributed by atoms with Gasteiger partial charge in [-0.15, -0.1) is 0 Å². The Morgan fingerprint density at radius 2 is 2.00 bits per heavy atom. The van der Waals surface area contributed by atoms with Crippen molar-refractivity contribution in [1.29, 1.82) is 0 Å². The Morgan fingerprint density at radius 1 is 1.19 bits per heavy atom. The zero-order valence-corrected chi connectivity index (χ0v) is 20.7. The fraction of sp³-hybridized carbons (Fsp3) is 0.385. The van der Waals surface area contributed by atoms with E-state index in [4.69, 9.17) is 15.2 Å². The van der Waals surface area contributed by atoms with Gasteiger partial charge in [0.25, 0.3) is 0 Å². The molecule has 2 aromatic heterocycles. The van der Waals surface area contributed by atoms with Gasteiger partial charge in [0.2, 0.25) is 11.8 Å². The molecular formula is C26H29FN6O4. The first-order chi connectivity index (χ1) is 17.8. The highest BCUT2D eigenvalue weighted by Crippen LogP contribution is 2.39. The number of nitrogens with zero attached hydrogens (tertiary/aromatic N) is 2. The van der Waals surface area contributed by atoms with Gasteiger partial charge in [0, 0.05) is 42.4 Å². The van der Waals surface area contributed by atoms with Gasteiger partial charge in [-0.1, -0.05) is 6.42 Å². The minimum atomic E-state index is -0.676. The van der Waals surface area contributed by atoms with Crippen LogP contribution in [0.2, 0.25) is 0 Å². The molecule has 37 heavy (non-hydrogen) atoms. The Kier molecular flexibility index (Phi) is 6.68. The molecular weight excluding hydrogens is 479 g/mol. The molecule has 5 rings (SSSR count). The molecule has 2 amide bonds. The lowest BCUT2D eigenvalue weighted by atomic mass is 9.92. The maximum Gasteiger partial charge on any atom is 0.413 e. The molecule has 0 bridgehead atoms. The Balaban J connectivity index is 1.41. The predicted molar refractivity (Wildman–Crippen MR) is 138 cm³/mol. The van der Waals surface area contributed by atoms with Crippen LogP contribution in [0.3, 0.4) is 0 Å². The van der Waals surface area contributed by atoms with Crippen molar-refractivity contribution in [2.45, 2.75) is 51.7 Å². The lowest BCUT2D eigenvalue weighted by Crippen LogP contribution is -2.46. The zero-order chi connectivity index (χ0) is 26.1. The van der Waals surface area contributed by atoms with E-state index < -0.39 is 18.0 Å². The van der Waals surface area contributed by atoms with E-state index in [2.05, 4.69) is 25.9 Å². The summed E-state index contributed by atoms with van der Waals surface area (Å²) in [5.74, 6) is -0.0195. The van der Waals surface area contributed by atoms with Crippen LogP contribution in [-0.4, -0.2) is 47.3 Å². The normalized spacial score (nSPS) is 18.8. The number of hydrogen-bond donors (Lipinski definition) is 4. The number of hydrogen-bond acceptors (Lipinski definition) is 8. The fourth-order valence-electron chi connectivity index (χ4n) is 4.99. The van der Waals surface area contributed by atoms with E-state index in [0.717, 1.165) is 30.5 Å². The van der Waals surface area contributed by atoms with Gasteiger partial charge in [-0.25, -0.2) is 19.2 Å². The standard InChI is InChI=1S/C26H29FN6O4/c1-13-17(11-31-25-24(13)29-7-8-36-25)16-9-15-10-21(30-12-18(15)23(28)22(16)27)33-26(35)37-20-6-4-3-5-19(20)32-14(2)34/h9-12,19-20,29H,3-8,28H2,1-2H3,(H,32,34)(H,30,33,35). The number of nitrogen functional groups attached to an aromatic ring is 1. The average Bonchev–Trinajstić information content (AvgIpc) is 2.87. The first-order valence-corrected chi connectivity index (χ1v) is 12.3. The number of benzene rings is 1. The number of halogens is 1. The van der Waals surface area contributed by atoms with Gasteiger partial charge in [0.1, 0.15) is 24.2 Å². The third-order valence-electron chi connectivity index (χ3n) is 6.82. The molecule has 5 N–H and O–H groups in total. The molecule has 2 atom stereocenters. The summed E-state index contributed by atoms with van der Waals surface area (Å²) in [6.45, 7) is 4.45. The molecule has 1 saturated carbocycles. The molecule has 10 nitrogen and oxygen atoms in total. The van der Waals surface area contributed by atoms with Crippen LogP contribution in [0.25, 0.3) is 21.9 Å². The van der Waals surface area contributed by atoms with Crippen LogP contribution in [-0.2, 0) is 9.53 Å². The summed E-state index contributed by atoms with van der Waals surface area (Å²) in [5.41, 5.74) is 8.48. The number of pyridine rings is 2. The molecule has 0 saturated heterocycles. The molecule has 2 aliphatic rings. The molecule has 1 aliphatic carbocycles. The van der Waals surface area contributed by atoms with E-state index in [-0.39, 0.29) is 29.0 Å². The van der Waals surface area contributed by atoms with E-state index in [1.165, 1.54) is 13.1 Å². The van der Waals surface area contributed by atoms with Crippen LogP contribution in [0.15, 0.2) is 24.5 Å². The van der Waals surface area contributed by atoms with Crippen molar-refractivity contribution in [3.8, 4) is 17.0 Å². The second-order valence-corrected chi connectivity index (χ2v) is 9.35. The highest BCUT2D eigenvalue weighted by Gasteiger charge is 2.29. The molecule has 194 valence electrons. The van der Waals surface area contributed by atoms with Crippen LogP contribution in [0.5, 0.6) is 5.88 Å². The number of rotatable bonds is 4. The summed E-state index contributed by atoms with van der Waals surface area (Å²) in [7, 11) is 0. The quantitative estimate of drug-likeness (QED) is 0.386. The van der Waals surface area contributed by atoms with Crippen LogP contribution in [0, 0.1) is 12.7 Å². The van der Waals surface area contributed by atoms with Crippen molar-refractivity contribution < 1.29 is 23.5 Å². The Labute approximate surface area is 213 Å². The fourth-order valence-corrected chi connectivity index (χ4v) is 4.99. The van der Waals surface area contributed by atoms with Gasteiger partial charge < -0.3 is 25.8 Å². The summed E-state index contributed by atoms with van der Waals surface area (Å²) in [6, 6.07) is 3.05. The Hall–Kier alpha value is -4.15. The molecule has 3 aromatic rings. The van der Waals surface area contributed by atoms with Crippen molar-refractivity contribution in [3.63, 3.8) is 0 Å². The van der Waals surface area contributed by atoms with Crippen molar-refractivity contribution in [1.82, 2.24) is 15.3 Å². The van der Waals surface area contributed by atoms with E-state index >= 15 is 4.39 Å². The number of anilines is 3. The summed E-state index contributed by atoms with van der Waals surface area (Å²) in [4.78, 5) is 32.7. The minimum absolute atomic E-state index is 0.0455. The number of fused-ring (bicyclic) bond motifs is 2. The number of amides is 2. The van der Waals surface area contributed by atoms with Gasteiger partial charge in [-0.3, -0.25) is 10.1 Å². The molecule has 0 radical (unpaired) electrons. The maximum absolute atomic E-state index is 15.4.